The van der Waals surface area contributed by atoms with E-state index in [1.807, 2.05) is 0 Å². The summed E-state index contributed by atoms with van der Waals surface area (Å²) in [4.78, 5) is 14.9. The van der Waals surface area contributed by atoms with E-state index in [-0.39, 0.29) is 11.7 Å². The summed E-state index contributed by atoms with van der Waals surface area (Å²) in [7, 11) is 0. The van der Waals surface area contributed by atoms with Crippen molar-refractivity contribution in [3.8, 4) is 11.4 Å². The number of nitrogens with one attached hydrogen (secondary N) is 1. The maximum absolute atomic E-state index is 12.4. The zero-order valence-electron chi connectivity index (χ0n) is 12.1. The topological polar surface area (TPSA) is 68.0 Å². The van der Waals surface area contributed by atoms with Crippen molar-refractivity contribution in [3.63, 3.8) is 0 Å². The van der Waals surface area contributed by atoms with Crippen molar-refractivity contribution in [2.24, 2.45) is 5.92 Å². The number of carbonyl (C=O) groups is 1. The number of benzene rings is 1. The van der Waals surface area contributed by atoms with Crippen LogP contribution in [0.25, 0.3) is 11.4 Å². The number of carbonyl (C=O) groups excluding carboxylic acids is 1. The molecule has 1 aliphatic rings. The first kappa shape index (κ1) is 15.5. The summed E-state index contributed by atoms with van der Waals surface area (Å²) >= 11 is 0. The summed E-state index contributed by atoms with van der Waals surface area (Å²) in [5, 5.41) is 6.14. The fourth-order valence-corrected chi connectivity index (χ4v) is 2.08. The minimum Gasteiger partial charge on any atom is -0.352 e. The summed E-state index contributed by atoms with van der Waals surface area (Å²) in [6.45, 7) is 0.381. The first-order chi connectivity index (χ1) is 10.9. The molecule has 1 aromatic carbocycles. The Bertz CT molecular complexity index is 691. The van der Waals surface area contributed by atoms with E-state index in [1.54, 1.807) is 24.3 Å². The molecule has 2 aromatic rings. The monoisotopic (exact) mass is 325 g/mol. The highest BCUT2D eigenvalue weighted by atomic mass is 19.4. The molecule has 1 amide bonds. The highest BCUT2D eigenvalue weighted by Crippen LogP contribution is 2.32. The van der Waals surface area contributed by atoms with E-state index < -0.39 is 12.1 Å². The molecule has 0 aliphatic heterocycles. The first-order valence-corrected chi connectivity index (χ1v) is 7.19. The first-order valence-electron chi connectivity index (χ1n) is 7.19. The number of hydrogen-bond acceptors (Lipinski definition) is 4. The van der Waals surface area contributed by atoms with Gasteiger partial charge in [-0.15, -0.1) is 0 Å². The molecule has 0 radical (unpaired) electrons. The second-order valence-corrected chi connectivity index (χ2v) is 5.54. The quantitative estimate of drug-likeness (QED) is 0.917. The highest BCUT2D eigenvalue weighted by Gasteiger charge is 2.38. The number of hydrogen-bond donors (Lipinski definition) is 1. The SMILES string of the molecule is O=C(CC1CC1)NCc1ccc(-c2noc(C(F)(F)F)n2)cc1. The van der Waals surface area contributed by atoms with E-state index in [0.29, 0.717) is 24.4 Å². The molecular weight excluding hydrogens is 311 g/mol. The Balaban J connectivity index is 1.60. The Hall–Kier alpha value is -2.38. The molecule has 1 N–H and O–H groups in total. The molecule has 0 atom stereocenters. The van der Waals surface area contributed by atoms with Gasteiger partial charge in [-0.2, -0.15) is 18.2 Å². The van der Waals surface area contributed by atoms with Gasteiger partial charge in [0.05, 0.1) is 0 Å². The zero-order valence-corrected chi connectivity index (χ0v) is 12.1. The standard InChI is InChI=1S/C15H14F3N3O2/c16-15(17,18)14-20-13(21-23-14)11-5-3-10(4-6-11)8-19-12(22)7-9-1-2-9/h3-6,9H,1-2,7-8H2,(H,19,22). The zero-order chi connectivity index (χ0) is 16.4. The van der Waals surface area contributed by atoms with Crippen molar-refractivity contribution in [2.45, 2.75) is 32.0 Å². The van der Waals surface area contributed by atoms with Crippen LogP contribution in [0.15, 0.2) is 28.8 Å². The molecule has 0 bridgehead atoms. The minimum atomic E-state index is -4.66. The Morgan fingerprint density at radius 3 is 2.52 bits per heavy atom. The van der Waals surface area contributed by atoms with Crippen LogP contribution in [-0.2, 0) is 17.5 Å². The van der Waals surface area contributed by atoms with Gasteiger partial charge in [-0.1, -0.05) is 29.4 Å². The Kier molecular flexibility index (Phi) is 4.06. The van der Waals surface area contributed by atoms with Crippen molar-refractivity contribution in [1.82, 2.24) is 15.5 Å². The van der Waals surface area contributed by atoms with Crippen molar-refractivity contribution in [2.75, 3.05) is 0 Å². The fourth-order valence-electron chi connectivity index (χ4n) is 2.08. The normalized spacial score (nSPS) is 14.7. The predicted molar refractivity (Wildman–Crippen MR) is 73.9 cm³/mol. The maximum Gasteiger partial charge on any atom is 0.471 e. The largest absolute Gasteiger partial charge is 0.471 e. The van der Waals surface area contributed by atoms with Crippen LogP contribution in [0, 0.1) is 5.92 Å². The Morgan fingerprint density at radius 2 is 1.96 bits per heavy atom. The lowest BCUT2D eigenvalue weighted by molar-refractivity contribution is -0.159. The van der Waals surface area contributed by atoms with Crippen LogP contribution in [0.4, 0.5) is 13.2 Å². The number of rotatable bonds is 5. The second kappa shape index (κ2) is 6.02. The average Bonchev–Trinajstić information content (AvgIpc) is 3.16. The van der Waals surface area contributed by atoms with Crippen molar-refractivity contribution >= 4 is 5.91 Å². The smallest absolute Gasteiger partial charge is 0.352 e. The molecule has 1 saturated carbocycles. The van der Waals surface area contributed by atoms with Crippen LogP contribution in [0.3, 0.4) is 0 Å². The van der Waals surface area contributed by atoms with Crippen LogP contribution in [0.5, 0.6) is 0 Å². The third kappa shape index (κ3) is 4.08. The van der Waals surface area contributed by atoms with Crippen molar-refractivity contribution < 1.29 is 22.5 Å². The Labute approximate surface area is 129 Å². The van der Waals surface area contributed by atoms with E-state index in [9.17, 15) is 18.0 Å². The lowest BCUT2D eigenvalue weighted by Crippen LogP contribution is -2.22. The summed E-state index contributed by atoms with van der Waals surface area (Å²) in [5.41, 5.74) is 1.26. The molecule has 1 aliphatic carbocycles. The molecule has 8 heteroatoms. The van der Waals surface area contributed by atoms with E-state index >= 15 is 0 Å². The summed E-state index contributed by atoms with van der Waals surface area (Å²) < 4.78 is 41.4. The lowest BCUT2D eigenvalue weighted by Gasteiger charge is -2.05. The van der Waals surface area contributed by atoms with Gasteiger partial charge in [0, 0.05) is 18.5 Å². The molecule has 1 aromatic heterocycles. The number of aromatic nitrogens is 2. The average molecular weight is 325 g/mol. The number of halogens is 3. The predicted octanol–water partition coefficient (Wildman–Crippen LogP) is 3.17. The Morgan fingerprint density at radius 1 is 1.26 bits per heavy atom. The third-order valence-electron chi connectivity index (χ3n) is 3.54. The number of alkyl halides is 3. The molecule has 122 valence electrons. The minimum absolute atomic E-state index is 0.0181. The van der Waals surface area contributed by atoms with E-state index in [2.05, 4.69) is 20.0 Å². The van der Waals surface area contributed by atoms with Gasteiger partial charge in [-0.05, 0) is 24.3 Å². The molecule has 1 fully saturated rings. The summed E-state index contributed by atoms with van der Waals surface area (Å²) in [5.74, 6) is -0.950. The molecule has 1 heterocycles. The van der Waals surface area contributed by atoms with Crippen LogP contribution in [0.2, 0.25) is 0 Å². The maximum atomic E-state index is 12.4. The van der Waals surface area contributed by atoms with Gasteiger partial charge in [0.15, 0.2) is 0 Å². The van der Waals surface area contributed by atoms with Gasteiger partial charge < -0.3 is 9.84 Å². The van der Waals surface area contributed by atoms with Crippen molar-refractivity contribution in [1.29, 1.82) is 0 Å². The molecule has 5 nitrogen and oxygen atoms in total. The van der Waals surface area contributed by atoms with Gasteiger partial charge >= 0.3 is 12.1 Å². The molecular formula is C15H14F3N3O2. The van der Waals surface area contributed by atoms with Crippen LogP contribution < -0.4 is 5.32 Å². The lowest BCUT2D eigenvalue weighted by atomic mass is 10.1. The number of amides is 1. The van der Waals surface area contributed by atoms with Gasteiger partial charge in [-0.3, -0.25) is 4.79 Å². The molecule has 0 saturated heterocycles. The fraction of sp³-hybridized carbons (Fsp3) is 0.400. The molecule has 3 rings (SSSR count). The van der Waals surface area contributed by atoms with Crippen molar-refractivity contribution in [3.05, 3.63) is 35.7 Å². The van der Waals surface area contributed by atoms with Gasteiger partial charge in [0.1, 0.15) is 0 Å². The second-order valence-electron chi connectivity index (χ2n) is 5.54. The molecule has 0 spiro atoms. The van der Waals surface area contributed by atoms with Crippen LogP contribution >= 0.6 is 0 Å². The number of nitrogens with zero attached hydrogens (tertiary/aromatic N) is 2. The van der Waals surface area contributed by atoms with E-state index in [4.69, 9.17) is 0 Å². The summed E-state index contributed by atoms with van der Waals surface area (Å²) in [6, 6.07) is 6.59. The van der Waals surface area contributed by atoms with Gasteiger partial charge in [0.2, 0.25) is 11.7 Å². The van der Waals surface area contributed by atoms with E-state index in [1.165, 1.54) is 0 Å². The van der Waals surface area contributed by atoms with Crippen LogP contribution in [0.1, 0.15) is 30.7 Å². The molecule has 23 heavy (non-hydrogen) atoms. The molecule has 0 unspecified atom stereocenters. The summed E-state index contributed by atoms with van der Waals surface area (Å²) in [6.07, 6.45) is -1.86. The van der Waals surface area contributed by atoms with Gasteiger partial charge in [0.25, 0.3) is 0 Å². The van der Waals surface area contributed by atoms with E-state index in [0.717, 1.165) is 18.4 Å². The van der Waals surface area contributed by atoms with Gasteiger partial charge in [-0.25, -0.2) is 0 Å². The highest BCUT2D eigenvalue weighted by molar-refractivity contribution is 5.76. The third-order valence-corrected chi connectivity index (χ3v) is 3.54. The van der Waals surface area contributed by atoms with Crippen LogP contribution in [-0.4, -0.2) is 16.0 Å².